The topological polar surface area (TPSA) is 37.8 Å². The van der Waals surface area contributed by atoms with E-state index in [1.165, 1.54) is 19.3 Å². The second kappa shape index (κ2) is 5.18. The summed E-state index contributed by atoms with van der Waals surface area (Å²) in [6, 6.07) is 7.81. The quantitative estimate of drug-likeness (QED) is 0.798. The minimum absolute atomic E-state index is 0.0905. The SMILES string of the molecule is CC1(C)C2CCC(C2)C1(C)Nc1nnc(-c2ccccc2Cl)s1. The third-order valence-electron chi connectivity index (χ3n) is 6.50. The van der Waals surface area contributed by atoms with E-state index >= 15 is 0 Å². The summed E-state index contributed by atoms with van der Waals surface area (Å²) >= 11 is 7.88. The number of aromatic nitrogens is 2. The maximum absolute atomic E-state index is 6.28. The van der Waals surface area contributed by atoms with E-state index in [1.807, 2.05) is 24.3 Å². The van der Waals surface area contributed by atoms with Gasteiger partial charge in [0, 0.05) is 11.1 Å². The lowest BCUT2D eigenvalue weighted by Gasteiger charge is -2.48. The van der Waals surface area contributed by atoms with Gasteiger partial charge in [-0.15, -0.1) is 10.2 Å². The molecular weight excluding hydrogens is 326 g/mol. The molecule has 5 heteroatoms. The van der Waals surface area contributed by atoms with Gasteiger partial charge in [0.05, 0.1) is 5.02 Å². The number of hydrogen-bond acceptors (Lipinski definition) is 4. The zero-order valence-electron chi connectivity index (χ0n) is 13.8. The normalized spacial score (nSPS) is 31.5. The highest BCUT2D eigenvalue weighted by molar-refractivity contribution is 7.18. The fourth-order valence-electron chi connectivity index (χ4n) is 4.61. The highest BCUT2D eigenvalue weighted by Crippen LogP contribution is 2.62. The molecule has 1 heterocycles. The molecule has 1 aromatic carbocycles. The smallest absolute Gasteiger partial charge is 0.206 e. The van der Waals surface area contributed by atoms with Crippen LogP contribution < -0.4 is 5.32 Å². The molecule has 0 radical (unpaired) electrons. The van der Waals surface area contributed by atoms with Crippen LogP contribution in [0.4, 0.5) is 5.13 Å². The summed E-state index contributed by atoms with van der Waals surface area (Å²) in [7, 11) is 0. The van der Waals surface area contributed by atoms with Gasteiger partial charge >= 0.3 is 0 Å². The number of benzene rings is 1. The Morgan fingerprint density at radius 2 is 1.87 bits per heavy atom. The number of nitrogens with one attached hydrogen (secondary N) is 1. The lowest BCUT2D eigenvalue weighted by molar-refractivity contribution is 0.119. The van der Waals surface area contributed by atoms with Crippen molar-refractivity contribution >= 4 is 28.1 Å². The molecule has 0 amide bonds. The molecule has 1 N–H and O–H groups in total. The summed E-state index contributed by atoms with van der Waals surface area (Å²) in [5.74, 6) is 1.55. The molecule has 0 spiro atoms. The second-order valence-electron chi connectivity index (χ2n) is 7.65. The highest BCUT2D eigenvalue weighted by atomic mass is 35.5. The Morgan fingerprint density at radius 1 is 1.13 bits per heavy atom. The van der Waals surface area contributed by atoms with Crippen molar-refractivity contribution in [3.05, 3.63) is 29.3 Å². The predicted molar refractivity (Wildman–Crippen MR) is 97.0 cm³/mol. The van der Waals surface area contributed by atoms with Gasteiger partial charge in [-0.25, -0.2) is 0 Å². The molecular formula is C18H22ClN3S. The summed E-state index contributed by atoms with van der Waals surface area (Å²) in [5, 5.41) is 15.0. The Kier molecular flexibility index (Phi) is 3.47. The Balaban J connectivity index is 1.63. The van der Waals surface area contributed by atoms with Crippen LogP contribution in [0.25, 0.3) is 10.6 Å². The fourth-order valence-corrected chi connectivity index (χ4v) is 5.79. The second-order valence-corrected chi connectivity index (χ2v) is 9.03. The van der Waals surface area contributed by atoms with E-state index in [-0.39, 0.29) is 11.0 Å². The molecule has 23 heavy (non-hydrogen) atoms. The number of anilines is 1. The zero-order valence-corrected chi connectivity index (χ0v) is 15.3. The Bertz CT molecular complexity index is 741. The molecule has 2 aliphatic carbocycles. The van der Waals surface area contributed by atoms with E-state index in [4.69, 9.17) is 11.6 Å². The minimum atomic E-state index is 0.0905. The number of hydrogen-bond donors (Lipinski definition) is 1. The number of nitrogens with zero attached hydrogens (tertiary/aromatic N) is 2. The number of fused-ring (bicyclic) bond motifs is 2. The van der Waals surface area contributed by atoms with E-state index in [2.05, 4.69) is 36.3 Å². The molecule has 2 aromatic rings. The lowest BCUT2D eigenvalue weighted by atomic mass is 9.64. The van der Waals surface area contributed by atoms with Crippen LogP contribution >= 0.6 is 22.9 Å². The van der Waals surface area contributed by atoms with Crippen LogP contribution in [0.3, 0.4) is 0 Å². The van der Waals surface area contributed by atoms with Crippen LogP contribution in [0.5, 0.6) is 0 Å². The highest BCUT2D eigenvalue weighted by Gasteiger charge is 2.60. The first kappa shape index (κ1) is 15.4. The number of halogens is 1. The largest absolute Gasteiger partial charge is 0.354 e. The first-order chi connectivity index (χ1) is 10.9. The van der Waals surface area contributed by atoms with E-state index < -0.39 is 0 Å². The molecule has 1 aromatic heterocycles. The van der Waals surface area contributed by atoms with Gasteiger partial charge in [0.2, 0.25) is 5.13 Å². The molecule has 2 saturated carbocycles. The van der Waals surface area contributed by atoms with Crippen molar-refractivity contribution in [2.75, 3.05) is 5.32 Å². The summed E-state index contributed by atoms with van der Waals surface area (Å²) in [6.07, 6.45) is 4.04. The van der Waals surface area contributed by atoms with Crippen molar-refractivity contribution in [1.82, 2.24) is 10.2 Å². The van der Waals surface area contributed by atoms with Gasteiger partial charge in [-0.2, -0.15) is 0 Å². The molecule has 3 unspecified atom stereocenters. The summed E-state index contributed by atoms with van der Waals surface area (Å²) in [6.45, 7) is 7.17. The van der Waals surface area contributed by atoms with Crippen molar-refractivity contribution in [1.29, 1.82) is 0 Å². The molecule has 2 fully saturated rings. The Hall–Kier alpha value is -1.13. The van der Waals surface area contributed by atoms with Gasteiger partial charge in [0.1, 0.15) is 0 Å². The van der Waals surface area contributed by atoms with Crippen molar-refractivity contribution in [3.63, 3.8) is 0 Å². The first-order valence-electron chi connectivity index (χ1n) is 8.28. The van der Waals surface area contributed by atoms with E-state index in [9.17, 15) is 0 Å². The van der Waals surface area contributed by atoms with Gasteiger partial charge in [0.15, 0.2) is 5.01 Å². The average molecular weight is 348 g/mol. The third-order valence-corrected chi connectivity index (χ3v) is 7.71. The van der Waals surface area contributed by atoms with Gasteiger partial charge in [-0.05, 0) is 49.5 Å². The van der Waals surface area contributed by atoms with E-state index in [0.29, 0.717) is 0 Å². The van der Waals surface area contributed by atoms with Gasteiger partial charge in [0.25, 0.3) is 0 Å². The van der Waals surface area contributed by atoms with Gasteiger partial charge in [-0.3, -0.25) is 0 Å². The fraction of sp³-hybridized carbons (Fsp3) is 0.556. The monoisotopic (exact) mass is 347 g/mol. The summed E-state index contributed by atoms with van der Waals surface area (Å²) < 4.78 is 0. The van der Waals surface area contributed by atoms with Crippen molar-refractivity contribution in [3.8, 4) is 10.6 Å². The van der Waals surface area contributed by atoms with Crippen LogP contribution in [0.2, 0.25) is 5.02 Å². The molecule has 3 nitrogen and oxygen atoms in total. The van der Waals surface area contributed by atoms with Crippen molar-refractivity contribution in [2.24, 2.45) is 17.3 Å². The predicted octanol–water partition coefficient (Wildman–Crippen LogP) is 5.49. The van der Waals surface area contributed by atoms with E-state index in [0.717, 1.165) is 32.6 Å². The number of rotatable bonds is 3. The van der Waals surface area contributed by atoms with Crippen LogP contribution in [0.15, 0.2) is 24.3 Å². The zero-order chi connectivity index (χ0) is 16.2. The summed E-state index contributed by atoms with van der Waals surface area (Å²) in [5.41, 5.74) is 1.33. The minimum Gasteiger partial charge on any atom is -0.354 e. The van der Waals surface area contributed by atoms with Crippen molar-refractivity contribution < 1.29 is 0 Å². The molecule has 4 rings (SSSR count). The maximum Gasteiger partial charge on any atom is 0.206 e. The lowest BCUT2D eigenvalue weighted by Crippen LogP contribution is -2.52. The van der Waals surface area contributed by atoms with Gasteiger partial charge in [-0.1, -0.05) is 55.0 Å². The standard InChI is InChI=1S/C18H22ClN3S/c1-17(2)11-8-9-12(10-11)18(17,3)20-16-22-21-15(23-16)13-6-4-5-7-14(13)19/h4-7,11-12H,8-10H2,1-3H3,(H,20,22). The summed E-state index contributed by atoms with van der Waals surface area (Å²) in [4.78, 5) is 0. The average Bonchev–Trinajstić information content (AvgIpc) is 3.19. The maximum atomic E-state index is 6.28. The van der Waals surface area contributed by atoms with Crippen LogP contribution in [0.1, 0.15) is 40.0 Å². The Labute approximate surface area is 146 Å². The van der Waals surface area contributed by atoms with Crippen molar-refractivity contribution in [2.45, 2.75) is 45.6 Å². The van der Waals surface area contributed by atoms with Gasteiger partial charge < -0.3 is 5.32 Å². The molecule has 2 bridgehead atoms. The van der Waals surface area contributed by atoms with Crippen LogP contribution in [0, 0.1) is 17.3 Å². The molecule has 0 saturated heterocycles. The first-order valence-corrected chi connectivity index (χ1v) is 9.48. The molecule has 0 aliphatic heterocycles. The molecule has 122 valence electrons. The van der Waals surface area contributed by atoms with Crippen LogP contribution in [-0.4, -0.2) is 15.7 Å². The molecule has 3 atom stereocenters. The third kappa shape index (κ3) is 2.22. The Morgan fingerprint density at radius 3 is 2.57 bits per heavy atom. The van der Waals surface area contributed by atoms with Crippen LogP contribution in [-0.2, 0) is 0 Å². The van der Waals surface area contributed by atoms with E-state index in [1.54, 1.807) is 11.3 Å². The molecule has 2 aliphatic rings.